The average Bonchev–Trinajstić information content (AvgIpc) is 2.16. The van der Waals surface area contributed by atoms with E-state index in [4.69, 9.17) is 4.74 Å². The molecule has 1 saturated carbocycles. The summed E-state index contributed by atoms with van der Waals surface area (Å²) in [7, 11) is 0. The predicted octanol–water partition coefficient (Wildman–Crippen LogP) is 2.18. The molecule has 0 aromatic carbocycles. The van der Waals surface area contributed by atoms with Gasteiger partial charge in [-0.05, 0) is 46.5 Å². The molecular formula is C12H20NO3. The van der Waals surface area contributed by atoms with Gasteiger partial charge in [0.05, 0.1) is 0 Å². The van der Waals surface area contributed by atoms with Crippen LogP contribution in [0.15, 0.2) is 0 Å². The summed E-state index contributed by atoms with van der Waals surface area (Å²) >= 11 is 0. The summed E-state index contributed by atoms with van der Waals surface area (Å²) in [5.41, 5.74) is -0.460. The molecule has 1 aliphatic rings. The Balaban J connectivity index is 2.28. The Morgan fingerprint density at radius 1 is 1.25 bits per heavy atom. The van der Waals surface area contributed by atoms with Crippen molar-refractivity contribution in [3.05, 3.63) is 0 Å². The van der Waals surface area contributed by atoms with Gasteiger partial charge in [-0.15, -0.1) is 0 Å². The lowest BCUT2D eigenvalue weighted by atomic mass is 9.87. The van der Waals surface area contributed by atoms with Gasteiger partial charge in [0.15, 0.2) is 0 Å². The van der Waals surface area contributed by atoms with Gasteiger partial charge in [0.1, 0.15) is 5.60 Å². The molecule has 1 radical (unpaired) electrons. The summed E-state index contributed by atoms with van der Waals surface area (Å²) < 4.78 is 5.17. The quantitative estimate of drug-likeness (QED) is 0.785. The first kappa shape index (κ1) is 13.0. The third kappa shape index (κ3) is 4.64. The number of alkyl carbamates (subject to hydrolysis) is 1. The Morgan fingerprint density at radius 2 is 1.81 bits per heavy atom. The second-order valence-electron chi connectivity index (χ2n) is 5.31. The molecule has 1 rings (SSSR count). The van der Waals surface area contributed by atoms with E-state index >= 15 is 0 Å². The maximum Gasteiger partial charge on any atom is 0.407 e. The molecular weight excluding hydrogens is 206 g/mol. The van der Waals surface area contributed by atoms with Crippen molar-refractivity contribution in [1.82, 2.24) is 5.32 Å². The Bertz CT molecular complexity index is 249. The molecule has 0 saturated heterocycles. The van der Waals surface area contributed by atoms with Crippen LogP contribution in [0.5, 0.6) is 0 Å². The van der Waals surface area contributed by atoms with Crippen molar-refractivity contribution in [1.29, 1.82) is 0 Å². The molecule has 0 aromatic heterocycles. The molecule has 1 aliphatic carbocycles. The lowest BCUT2D eigenvalue weighted by Gasteiger charge is -2.27. The highest BCUT2D eigenvalue weighted by molar-refractivity contribution is 5.68. The number of rotatable bonds is 2. The highest BCUT2D eigenvalue weighted by Crippen LogP contribution is 2.22. The summed E-state index contributed by atoms with van der Waals surface area (Å²) in [6.07, 6.45) is 4.94. The van der Waals surface area contributed by atoms with Crippen molar-refractivity contribution in [3.8, 4) is 0 Å². The van der Waals surface area contributed by atoms with Gasteiger partial charge in [0.25, 0.3) is 0 Å². The number of nitrogens with one attached hydrogen (secondary N) is 1. The molecule has 0 atom stereocenters. The first-order chi connectivity index (χ1) is 7.40. The van der Waals surface area contributed by atoms with Crippen LogP contribution in [-0.4, -0.2) is 24.0 Å². The summed E-state index contributed by atoms with van der Waals surface area (Å²) in [6, 6.07) is 0.138. The number of hydrogen-bond donors (Lipinski definition) is 1. The largest absolute Gasteiger partial charge is 0.444 e. The zero-order valence-corrected chi connectivity index (χ0v) is 10.2. The van der Waals surface area contributed by atoms with Crippen LogP contribution in [0.4, 0.5) is 4.79 Å². The molecule has 0 aliphatic heterocycles. The molecule has 1 N–H and O–H groups in total. The number of carbonyl (C=O) groups excluding carboxylic acids is 2. The maximum atomic E-state index is 11.5. The van der Waals surface area contributed by atoms with Crippen LogP contribution in [-0.2, 0) is 9.53 Å². The van der Waals surface area contributed by atoms with Gasteiger partial charge in [-0.3, -0.25) is 4.79 Å². The van der Waals surface area contributed by atoms with Crippen LogP contribution in [0.25, 0.3) is 0 Å². The van der Waals surface area contributed by atoms with Gasteiger partial charge in [-0.2, -0.15) is 0 Å². The fourth-order valence-electron chi connectivity index (χ4n) is 1.83. The Labute approximate surface area is 96.7 Å². The summed E-state index contributed by atoms with van der Waals surface area (Å²) in [5.74, 6) is 0.0525. The fraction of sp³-hybridized carbons (Fsp3) is 0.833. The number of amides is 1. The van der Waals surface area contributed by atoms with E-state index in [0.29, 0.717) is 0 Å². The number of carbonyl (C=O) groups is 1. The normalized spacial score (nSPS) is 25.9. The van der Waals surface area contributed by atoms with E-state index in [2.05, 4.69) is 5.32 Å². The van der Waals surface area contributed by atoms with Crippen LogP contribution in [0, 0.1) is 5.92 Å². The molecule has 0 unspecified atom stereocenters. The standard InChI is InChI=1S/C12H20NO3/c1-12(2,3)16-11(15)13-10-6-4-9(8-14)5-7-10/h9-10H,4-7H2,1-3H3,(H,13,15). The van der Waals surface area contributed by atoms with Crippen molar-refractivity contribution in [2.75, 3.05) is 0 Å². The molecule has 1 amide bonds. The molecule has 16 heavy (non-hydrogen) atoms. The molecule has 0 heterocycles. The third-order valence-corrected chi connectivity index (χ3v) is 2.61. The van der Waals surface area contributed by atoms with Crippen LogP contribution >= 0.6 is 0 Å². The summed E-state index contributed by atoms with van der Waals surface area (Å²) in [6.45, 7) is 5.51. The minimum Gasteiger partial charge on any atom is -0.444 e. The molecule has 0 bridgehead atoms. The van der Waals surface area contributed by atoms with Crippen molar-refractivity contribution in [2.45, 2.75) is 58.1 Å². The second kappa shape index (κ2) is 5.32. The van der Waals surface area contributed by atoms with E-state index in [1.165, 1.54) is 0 Å². The molecule has 4 nitrogen and oxygen atoms in total. The molecule has 91 valence electrons. The minimum atomic E-state index is -0.460. The van der Waals surface area contributed by atoms with E-state index in [1.54, 1.807) is 0 Å². The Kier molecular flexibility index (Phi) is 4.33. The van der Waals surface area contributed by atoms with E-state index in [0.717, 1.165) is 25.7 Å². The van der Waals surface area contributed by atoms with Gasteiger partial charge < -0.3 is 10.1 Å². The first-order valence-electron chi connectivity index (χ1n) is 5.78. The predicted molar refractivity (Wildman–Crippen MR) is 60.8 cm³/mol. The van der Waals surface area contributed by atoms with E-state index in [9.17, 15) is 9.59 Å². The zero-order valence-electron chi connectivity index (χ0n) is 10.2. The van der Waals surface area contributed by atoms with Crippen LogP contribution in [0.1, 0.15) is 46.5 Å². The molecule has 0 spiro atoms. The van der Waals surface area contributed by atoms with Crippen molar-refractivity contribution >= 4 is 12.4 Å². The lowest BCUT2D eigenvalue weighted by Crippen LogP contribution is -2.41. The third-order valence-electron chi connectivity index (χ3n) is 2.61. The summed E-state index contributed by atoms with van der Waals surface area (Å²) in [4.78, 5) is 21.9. The Hall–Kier alpha value is -1.06. The van der Waals surface area contributed by atoms with Gasteiger partial charge in [0.2, 0.25) is 6.29 Å². The number of hydrogen-bond acceptors (Lipinski definition) is 3. The van der Waals surface area contributed by atoms with Gasteiger partial charge in [0, 0.05) is 12.0 Å². The van der Waals surface area contributed by atoms with E-state index in [-0.39, 0.29) is 18.1 Å². The van der Waals surface area contributed by atoms with Gasteiger partial charge in [-0.25, -0.2) is 4.79 Å². The first-order valence-corrected chi connectivity index (χ1v) is 5.78. The summed E-state index contributed by atoms with van der Waals surface area (Å²) in [5, 5.41) is 2.83. The van der Waals surface area contributed by atoms with E-state index < -0.39 is 5.60 Å². The molecule has 1 fully saturated rings. The van der Waals surface area contributed by atoms with Crippen molar-refractivity contribution < 1.29 is 14.3 Å². The highest BCUT2D eigenvalue weighted by Gasteiger charge is 2.24. The van der Waals surface area contributed by atoms with Crippen molar-refractivity contribution in [2.24, 2.45) is 5.92 Å². The van der Waals surface area contributed by atoms with Crippen LogP contribution in [0.3, 0.4) is 0 Å². The highest BCUT2D eigenvalue weighted by atomic mass is 16.6. The fourth-order valence-corrected chi connectivity index (χ4v) is 1.83. The van der Waals surface area contributed by atoms with Gasteiger partial charge >= 0.3 is 6.09 Å². The Morgan fingerprint density at radius 3 is 2.25 bits per heavy atom. The lowest BCUT2D eigenvalue weighted by molar-refractivity contribution is 0.0491. The molecule has 0 aromatic rings. The number of ether oxygens (including phenoxy) is 1. The monoisotopic (exact) mass is 226 g/mol. The maximum absolute atomic E-state index is 11.5. The van der Waals surface area contributed by atoms with Gasteiger partial charge in [-0.1, -0.05) is 0 Å². The minimum absolute atomic E-state index is 0.0525. The zero-order chi connectivity index (χ0) is 12.2. The SMILES string of the molecule is CC(C)(C)OC(=O)NC1CCC([C]=O)CC1. The smallest absolute Gasteiger partial charge is 0.407 e. The topological polar surface area (TPSA) is 55.4 Å². The van der Waals surface area contributed by atoms with E-state index in [1.807, 2.05) is 27.1 Å². The van der Waals surface area contributed by atoms with Crippen molar-refractivity contribution in [3.63, 3.8) is 0 Å². The van der Waals surface area contributed by atoms with Crippen LogP contribution < -0.4 is 5.32 Å². The van der Waals surface area contributed by atoms with Crippen LogP contribution in [0.2, 0.25) is 0 Å². The molecule has 4 heteroatoms. The second-order valence-corrected chi connectivity index (χ2v) is 5.31. The average molecular weight is 226 g/mol.